The largest absolute Gasteiger partial charge is 0.324 e. The van der Waals surface area contributed by atoms with Gasteiger partial charge in [0.25, 0.3) is 0 Å². The van der Waals surface area contributed by atoms with Gasteiger partial charge in [-0.1, -0.05) is 6.07 Å². The molecule has 70 valence electrons. The Morgan fingerprint density at radius 3 is 3.14 bits per heavy atom. The van der Waals surface area contributed by atoms with Crippen molar-refractivity contribution in [2.24, 2.45) is 0 Å². The van der Waals surface area contributed by atoms with Gasteiger partial charge in [-0.05, 0) is 12.1 Å². The molecule has 0 aromatic heterocycles. The topological polar surface area (TPSA) is 52.9 Å². The summed E-state index contributed by atoms with van der Waals surface area (Å²) in [5, 5.41) is 11.6. The second kappa shape index (κ2) is 3.72. The molecule has 1 heterocycles. The van der Waals surface area contributed by atoms with E-state index in [1.54, 1.807) is 17.8 Å². The van der Waals surface area contributed by atoms with Crippen molar-refractivity contribution in [1.29, 1.82) is 5.26 Å². The van der Waals surface area contributed by atoms with Crippen molar-refractivity contribution in [1.82, 2.24) is 0 Å². The van der Waals surface area contributed by atoms with Gasteiger partial charge in [0, 0.05) is 17.1 Å². The molecule has 0 unspecified atom stereocenters. The van der Waals surface area contributed by atoms with E-state index in [1.807, 2.05) is 12.1 Å². The van der Waals surface area contributed by atoms with Gasteiger partial charge in [-0.15, -0.1) is 11.8 Å². The van der Waals surface area contributed by atoms with Gasteiger partial charge in [-0.2, -0.15) is 5.26 Å². The Bertz CT molecular complexity index is 423. The highest BCUT2D eigenvalue weighted by Gasteiger charge is 2.15. The molecule has 0 spiro atoms. The molecule has 1 amide bonds. The van der Waals surface area contributed by atoms with E-state index in [-0.39, 0.29) is 5.91 Å². The van der Waals surface area contributed by atoms with Gasteiger partial charge in [0.1, 0.15) is 6.07 Å². The molecule has 4 heteroatoms. The maximum atomic E-state index is 11.3. The summed E-state index contributed by atoms with van der Waals surface area (Å²) >= 11 is 1.61. The standard InChI is InChI=1S/C10H8N2OS/c11-6-7-2-1-3-8-10(7)12-9(13)4-5-14-8/h1-3H,4-5H2,(H,12,13). The van der Waals surface area contributed by atoms with E-state index >= 15 is 0 Å². The lowest BCUT2D eigenvalue weighted by molar-refractivity contribution is -0.115. The zero-order chi connectivity index (χ0) is 9.97. The molecule has 1 aromatic rings. The van der Waals surface area contributed by atoms with Crippen molar-refractivity contribution in [2.45, 2.75) is 11.3 Å². The van der Waals surface area contributed by atoms with Crippen molar-refractivity contribution >= 4 is 23.4 Å². The van der Waals surface area contributed by atoms with Gasteiger partial charge < -0.3 is 5.32 Å². The van der Waals surface area contributed by atoms with Crippen LogP contribution in [-0.4, -0.2) is 11.7 Å². The first kappa shape index (κ1) is 9.10. The van der Waals surface area contributed by atoms with Gasteiger partial charge in [-0.25, -0.2) is 0 Å². The number of rotatable bonds is 0. The highest BCUT2D eigenvalue weighted by Crippen LogP contribution is 2.32. The summed E-state index contributed by atoms with van der Waals surface area (Å²) < 4.78 is 0. The van der Waals surface area contributed by atoms with Gasteiger partial charge in [0.05, 0.1) is 11.3 Å². The zero-order valence-corrected chi connectivity index (χ0v) is 8.23. The van der Waals surface area contributed by atoms with Gasteiger partial charge in [-0.3, -0.25) is 4.79 Å². The van der Waals surface area contributed by atoms with Crippen molar-refractivity contribution < 1.29 is 4.79 Å². The number of thioether (sulfide) groups is 1. The van der Waals surface area contributed by atoms with Crippen molar-refractivity contribution in [2.75, 3.05) is 11.1 Å². The average Bonchev–Trinajstić information content (AvgIpc) is 2.38. The first-order chi connectivity index (χ1) is 6.81. The summed E-state index contributed by atoms with van der Waals surface area (Å²) in [7, 11) is 0. The number of nitrogens with zero attached hydrogens (tertiary/aromatic N) is 1. The van der Waals surface area contributed by atoms with Crippen LogP contribution in [0.25, 0.3) is 0 Å². The Labute approximate surface area is 86.1 Å². The van der Waals surface area contributed by atoms with Crippen LogP contribution in [0.2, 0.25) is 0 Å². The molecule has 2 rings (SSSR count). The Hall–Kier alpha value is -1.47. The van der Waals surface area contributed by atoms with E-state index in [2.05, 4.69) is 11.4 Å². The minimum absolute atomic E-state index is 0.0149. The van der Waals surface area contributed by atoms with Gasteiger partial charge >= 0.3 is 0 Å². The number of hydrogen-bond acceptors (Lipinski definition) is 3. The second-order valence-electron chi connectivity index (χ2n) is 2.94. The van der Waals surface area contributed by atoms with Crippen LogP contribution in [0.1, 0.15) is 12.0 Å². The zero-order valence-electron chi connectivity index (χ0n) is 7.41. The quantitative estimate of drug-likeness (QED) is 0.703. The lowest BCUT2D eigenvalue weighted by atomic mass is 10.2. The fraction of sp³-hybridized carbons (Fsp3) is 0.200. The molecule has 0 bridgehead atoms. The van der Waals surface area contributed by atoms with E-state index < -0.39 is 0 Å². The van der Waals surface area contributed by atoms with E-state index in [0.29, 0.717) is 17.7 Å². The van der Waals surface area contributed by atoms with Crippen LogP contribution < -0.4 is 5.32 Å². The molecule has 14 heavy (non-hydrogen) atoms. The number of carbonyl (C=O) groups is 1. The smallest absolute Gasteiger partial charge is 0.225 e. The molecule has 1 N–H and O–H groups in total. The highest BCUT2D eigenvalue weighted by atomic mass is 32.2. The second-order valence-corrected chi connectivity index (χ2v) is 4.07. The summed E-state index contributed by atoms with van der Waals surface area (Å²) in [4.78, 5) is 12.3. The number of nitrogens with one attached hydrogen (secondary N) is 1. The van der Waals surface area contributed by atoms with Crippen molar-refractivity contribution in [3.8, 4) is 6.07 Å². The summed E-state index contributed by atoms with van der Waals surface area (Å²) in [6.45, 7) is 0. The minimum atomic E-state index is -0.0149. The third-order valence-electron chi connectivity index (χ3n) is 2.00. The molecule has 1 aliphatic rings. The highest BCUT2D eigenvalue weighted by molar-refractivity contribution is 7.99. The Morgan fingerprint density at radius 2 is 2.36 bits per heavy atom. The minimum Gasteiger partial charge on any atom is -0.324 e. The third-order valence-corrected chi connectivity index (χ3v) is 3.06. The summed E-state index contributed by atoms with van der Waals surface area (Å²) in [5.41, 5.74) is 1.20. The Balaban J connectivity index is 2.51. The molecule has 0 saturated heterocycles. The first-order valence-electron chi connectivity index (χ1n) is 4.27. The van der Waals surface area contributed by atoms with Gasteiger partial charge in [0.2, 0.25) is 5.91 Å². The number of nitriles is 1. The van der Waals surface area contributed by atoms with Crippen molar-refractivity contribution in [3.05, 3.63) is 23.8 Å². The number of anilines is 1. The van der Waals surface area contributed by atoms with Crippen LogP contribution in [0.5, 0.6) is 0 Å². The summed E-state index contributed by atoms with van der Waals surface area (Å²) in [6, 6.07) is 7.55. The maximum Gasteiger partial charge on any atom is 0.225 e. The van der Waals surface area contributed by atoms with Crippen LogP contribution >= 0.6 is 11.8 Å². The van der Waals surface area contributed by atoms with Crippen LogP contribution in [0.4, 0.5) is 5.69 Å². The fourth-order valence-corrected chi connectivity index (χ4v) is 2.32. The SMILES string of the molecule is N#Cc1cccc2c1NC(=O)CCS2. The summed E-state index contributed by atoms with van der Waals surface area (Å²) in [5.74, 6) is 0.757. The molecule has 1 aliphatic heterocycles. The van der Waals surface area contributed by atoms with E-state index in [9.17, 15) is 4.79 Å². The van der Waals surface area contributed by atoms with E-state index in [0.717, 1.165) is 10.6 Å². The number of carbonyl (C=O) groups excluding carboxylic acids is 1. The Kier molecular flexibility index (Phi) is 2.42. The lowest BCUT2D eigenvalue weighted by Crippen LogP contribution is -2.11. The predicted octanol–water partition coefficient (Wildman–Crippen LogP) is 1.99. The molecule has 0 saturated carbocycles. The maximum absolute atomic E-state index is 11.3. The van der Waals surface area contributed by atoms with Crippen LogP contribution in [0.15, 0.2) is 23.1 Å². The van der Waals surface area contributed by atoms with E-state index in [4.69, 9.17) is 5.26 Å². The molecule has 3 nitrogen and oxygen atoms in total. The normalized spacial score (nSPS) is 14.9. The van der Waals surface area contributed by atoms with E-state index in [1.165, 1.54) is 0 Å². The molecule has 0 fully saturated rings. The monoisotopic (exact) mass is 204 g/mol. The van der Waals surface area contributed by atoms with Crippen LogP contribution in [0.3, 0.4) is 0 Å². The molecule has 0 radical (unpaired) electrons. The number of benzene rings is 1. The van der Waals surface area contributed by atoms with Crippen LogP contribution in [0, 0.1) is 11.3 Å². The average molecular weight is 204 g/mol. The van der Waals surface area contributed by atoms with Gasteiger partial charge in [0.15, 0.2) is 0 Å². The number of para-hydroxylation sites is 1. The lowest BCUT2D eigenvalue weighted by Gasteiger charge is -2.06. The molecule has 1 aromatic carbocycles. The molecule has 0 aliphatic carbocycles. The predicted molar refractivity (Wildman–Crippen MR) is 55.1 cm³/mol. The summed E-state index contributed by atoms with van der Waals surface area (Å²) in [6.07, 6.45) is 0.504. The van der Waals surface area contributed by atoms with Crippen molar-refractivity contribution in [3.63, 3.8) is 0 Å². The molecular weight excluding hydrogens is 196 g/mol. The fourth-order valence-electron chi connectivity index (χ4n) is 1.33. The number of amides is 1. The molecular formula is C10H8N2OS. The first-order valence-corrected chi connectivity index (χ1v) is 5.25. The van der Waals surface area contributed by atoms with Crippen LogP contribution in [-0.2, 0) is 4.79 Å². The third kappa shape index (κ3) is 1.59. The Morgan fingerprint density at radius 1 is 1.50 bits per heavy atom. The number of hydrogen-bond donors (Lipinski definition) is 1. The number of fused-ring (bicyclic) bond motifs is 1. The molecule has 0 atom stereocenters.